The van der Waals surface area contributed by atoms with Gasteiger partial charge in [-0.15, -0.1) is 11.3 Å². The van der Waals surface area contributed by atoms with E-state index in [1.54, 1.807) is 12.1 Å². The molecule has 30 heavy (non-hydrogen) atoms. The lowest BCUT2D eigenvalue weighted by atomic mass is 10.2. The van der Waals surface area contributed by atoms with E-state index < -0.39 is 0 Å². The third kappa shape index (κ3) is 5.54. The molecule has 2 aromatic heterocycles. The van der Waals surface area contributed by atoms with Gasteiger partial charge in [0.05, 0.1) is 4.88 Å². The van der Waals surface area contributed by atoms with Crippen LogP contribution >= 0.6 is 11.3 Å². The molecule has 8 heteroatoms. The third-order valence-electron chi connectivity index (χ3n) is 4.87. The summed E-state index contributed by atoms with van der Waals surface area (Å²) in [4.78, 5) is 21.8. The van der Waals surface area contributed by atoms with E-state index in [1.165, 1.54) is 23.5 Å². The maximum atomic E-state index is 13.0. The topological polar surface area (TPSA) is 78.9 Å². The molecule has 0 saturated heterocycles. The second-order valence-electron chi connectivity index (χ2n) is 7.27. The van der Waals surface area contributed by atoms with Crippen LogP contribution in [0.15, 0.2) is 48.0 Å². The van der Waals surface area contributed by atoms with Gasteiger partial charge in [-0.05, 0) is 54.3 Å². The van der Waals surface area contributed by atoms with E-state index in [-0.39, 0.29) is 11.7 Å². The number of aromatic nitrogens is 2. The van der Waals surface area contributed by atoms with Crippen molar-refractivity contribution in [2.24, 2.45) is 0 Å². The molecule has 0 aliphatic heterocycles. The third-order valence-corrected chi connectivity index (χ3v) is 5.74. The fourth-order valence-corrected chi connectivity index (χ4v) is 3.73. The minimum absolute atomic E-state index is 0.0296. The molecule has 0 spiro atoms. The van der Waals surface area contributed by atoms with E-state index in [0.29, 0.717) is 31.5 Å². The van der Waals surface area contributed by atoms with Gasteiger partial charge in [0, 0.05) is 31.4 Å². The predicted octanol–water partition coefficient (Wildman–Crippen LogP) is 4.40. The monoisotopic (exact) mass is 425 g/mol. The molecule has 2 heterocycles. The van der Waals surface area contributed by atoms with Gasteiger partial charge in [-0.1, -0.05) is 18.2 Å². The summed E-state index contributed by atoms with van der Waals surface area (Å²) in [5, 5.41) is 11.4. The van der Waals surface area contributed by atoms with Crippen LogP contribution in [-0.2, 0) is 6.54 Å². The number of benzene rings is 1. The Morgan fingerprint density at radius 3 is 2.70 bits per heavy atom. The molecular weight excluding hydrogens is 401 g/mol. The van der Waals surface area contributed by atoms with Crippen molar-refractivity contribution in [3.8, 4) is 0 Å². The summed E-state index contributed by atoms with van der Waals surface area (Å²) in [5.41, 5.74) is 2.10. The van der Waals surface area contributed by atoms with Crippen LogP contribution in [0.4, 0.5) is 16.2 Å². The number of halogens is 1. The first-order valence-corrected chi connectivity index (χ1v) is 11.0. The Hall–Kier alpha value is -3.00. The first-order valence-electron chi connectivity index (χ1n) is 10.1. The number of nitrogens with zero attached hydrogens (tertiary/aromatic N) is 2. The van der Waals surface area contributed by atoms with E-state index in [0.717, 1.165) is 41.1 Å². The maximum absolute atomic E-state index is 13.0. The molecular formula is C22H24FN5OS. The molecule has 0 unspecified atom stereocenters. The maximum Gasteiger partial charge on any atom is 0.261 e. The number of carbonyl (C=O) groups is 1. The first kappa shape index (κ1) is 20.3. The lowest BCUT2D eigenvalue weighted by Gasteiger charge is -2.13. The number of nitrogens with one attached hydrogen (secondary N) is 3. The number of hydrogen-bond acceptors (Lipinski definition) is 6. The number of anilines is 2. The fourth-order valence-electron chi connectivity index (χ4n) is 3.09. The molecule has 1 aliphatic rings. The normalized spacial score (nSPS) is 13.1. The van der Waals surface area contributed by atoms with Crippen molar-refractivity contribution >= 4 is 29.0 Å². The van der Waals surface area contributed by atoms with E-state index in [1.807, 2.05) is 23.7 Å². The van der Waals surface area contributed by atoms with Crippen LogP contribution in [0.1, 0.15) is 46.0 Å². The highest BCUT2D eigenvalue weighted by molar-refractivity contribution is 7.12. The van der Waals surface area contributed by atoms with Crippen molar-refractivity contribution in [3.05, 3.63) is 69.8 Å². The van der Waals surface area contributed by atoms with E-state index >= 15 is 0 Å². The van der Waals surface area contributed by atoms with Crippen molar-refractivity contribution in [1.29, 1.82) is 0 Å². The minimum Gasteiger partial charge on any atom is -0.370 e. The highest BCUT2D eigenvalue weighted by Crippen LogP contribution is 2.42. The lowest BCUT2D eigenvalue weighted by molar-refractivity contribution is 0.0957. The molecule has 1 amide bonds. The standard InChI is InChI=1S/C22H24FN5OS/c23-17-8-4-15(5-9-17)13-26-22-27-14-18(16-6-7-16)20(28-22)24-10-2-11-25-21(29)19-3-1-12-30-19/h1,3-5,8-9,12,14,16H,2,6-7,10-11,13H2,(H,25,29)(H2,24,26,27,28). The lowest BCUT2D eigenvalue weighted by Crippen LogP contribution is -2.25. The second-order valence-corrected chi connectivity index (χ2v) is 8.21. The molecule has 3 aromatic rings. The summed E-state index contributed by atoms with van der Waals surface area (Å²) in [6, 6.07) is 10.1. The molecule has 1 saturated carbocycles. The molecule has 1 aromatic carbocycles. The Labute approximate surface area is 179 Å². The molecule has 156 valence electrons. The van der Waals surface area contributed by atoms with Crippen LogP contribution in [0, 0.1) is 5.82 Å². The van der Waals surface area contributed by atoms with Gasteiger partial charge in [-0.2, -0.15) is 4.98 Å². The Bertz CT molecular complexity index is 974. The largest absolute Gasteiger partial charge is 0.370 e. The zero-order chi connectivity index (χ0) is 20.8. The summed E-state index contributed by atoms with van der Waals surface area (Å²) >= 11 is 1.44. The van der Waals surface area contributed by atoms with Crippen LogP contribution in [0.5, 0.6) is 0 Å². The zero-order valence-corrected chi connectivity index (χ0v) is 17.3. The SMILES string of the molecule is O=C(NCCCNc1nc(NCc2ccc(F)cc2)ncc1C1CC1)c1cccs1. The Kier molecular flexibility index (Phi) is 6.53. The number of thiophene rings is 1. The van der Waals surface area contributed by atoms with Crippen molar-refractivity contribution in [3.63, 3.8) is 0 Å². The van der Waals surface area contributed by atoms with Crippen molar-refractivity contribution in [1.82, 2.24) is 15.3 Å². The van der Waals surface area contributed by atoms with Crippen LogP contribution in [0.3, 0.4) is 0 Å². The number of rotatable bonds is 10. The van der Waals surface area contributed by atoms with Crippen molar-refractivity contribution in [2.75, 3.05) is 23.7 Å². The van der Waals surface area contributed by atoms with Crippen molar-refractivity contribution < 1.29 is 9.18 Å². The molecule has 1 aliphatic carbocycles. The van der Waals surface area contributed by atoms with Gasteiger partial charge in [0.25, 0.3) is 5.91 Å². The van der Waals surface area contributed by atoms with Crippen LogP contribution < -0.4 is 16.0 Å². The molecule has 0 bridgehead atoms. The highest BCUT2D eigenvalue weighted by atomic mass is 32.1. The molecule has 0 radical (unpaired) electrons. The minimum atomic E-state index is -0.248. The average Bonchev–Trinajstić information content (AvgIpc) is 3.45. The smallest absolute Gasteiger partial charge is 0.261 e. The predicted molar refractivity (Wildman–Crippen MR) is 117 cm³/mol. The number of amides is 1. The number of carbonyl (C=O) groups excluding carboxylic acids is 1. The van der Waals surface area contributed by atoms with Gasteiger partial charge in [0.1, 0.15) is 11.6 Å². The molecule has 1 fully saturated rings. The second kappa shape index (κ2) is 9.67. The summed E-state index contributed by atoms with van der Waals surface area (Å²) in [5.74, 6) is 1.63. The van der Waals surface area contributed by atoms with Crippen LogP contribution in [0.25, 0.3) is 0 Å². The summed E-state index contributed by atoms with van der Waals surface area (Å²) in [6.07, 6.45) is 5.01. The number of hydrogen-bond donors (Lipinski definition) is 3. The fraction of sp³-hybridized carbons (Fsp3) is 0.318. The molecule has 0 atom stereocenters. The Morgan fingerprint density at radius 1 is 1.13 bits per heavy atom. The van der Waals surface area contributed by atoms with Crippen LogP contribution in [-0.4, -0.2) is 29.0 Å². The Balaban J connectivity index is 1.29. The first-order chi connectivity index (χ1) is 14.7. The quantitative estimate of drug-likeness (QED) is 0.420. The van der Waals surface area contributed by atoms with Gasteiger partial charge in [0.2, 0.25) is 5.95 Å². The summed E-state index contributed by atoms with van der Waals surface area (Å²) in [7, 11) is 0. The van der Waals surface area contributed by atoms with Gasteiger partial charge >= 0.3 is 0 Å². The Morgan fingerprint density at radius 2 is 1.97 bits per heavy atom. The molecule has 6 nitrogen and oxygen atoms in total. The van der Waals surface area contributed by atoms with E-state index in [4.69, 9.17) is 0 Å². The van der Waals surface area contributed by atoms with E-state index in [9.17, 15) is 9.18 Å². The summed E-state index contributed by atoms with van der Waals surface area (Å²) in [6.45, 7) is 1.83. The van der Waals surface area contributed by atoms with Crippen molar-refractivity contribution in [2.45, 2.75) is 31.7 Å². The average molecular weight is 426 g/mol. The molecule has 4 rings (SSSR count). The van der Waals surface area contributed by atoms with Gasteiger partial charge in [-0.25, -0.2) is 9.37 Å². The van der Waals surface area contributed by atoms with E-state index in [2.05, 4.69) is 25.9 Å². The molecule has 3 N–H and O–H groups in total. The van der Waals surface area contributed by atoms with Gasteiger partial charge in [0.15, 0.2) is 0 Å². The summed E-state index contributed by atoms with van der Waals surface area (Å²) < 4.78 is 13.0. The zero-order valence-electron chi connectivity index (χ0n) is 16.5. The van der Waals surface area contributed by atoms with Gasteiger partial charge in [-0.3, -0.25) is 4.79 Å². The highest BCUT2D eigenvalue weighted by Gasteiger charge is 2.27. The van der Waals surface area contributed by atoms with Gasteiger partial charge < -0.3 is 16.0 Å². The van der Waals surface area contributed by atoms with Crippen LogP contribution in [0.2, 0.25) is 0 Å².